The number of rotatable bonds is 4. The van der Waals surface area contributed by atoms with E-state index >= 15 is 0 Å². The van der Waals surface area contributed by atoms with Gasteiger partial charge in [-0.3, -0.25) is 0 Å². The second-order valence-corrected chi connectivity index (χ2v) is 12.1. The first-order valence-corrected chi connectivity index (χ1v) is 14.6. The maximum atomic E-state index is 6.41. The van der Waals surface area contributed by atoms with E-state index in [4.69, 9.17) is 9.31 Å². The number of benzene rings is 5. The summed E-state index contributed by atoms with van der Waals surface area (Å²) >= 11 is 0. The van der Waals surface area contributed by atoms with Crippen LogP contribution in [0.2, 0.25) is 0 Å². The lowest BCUT2D eigenvalue weighted by Crippen LogP contribution is -2.41. The zero-order valence-electron chi connectivity index (χ0n) is 24.5. The maximum absolute atomic E-state index is 6.41. The average Bonchev–Trinajstić information content (AvgIpc) is 3.13. The SMILES string of the molecule is CC1(C)OB(c2ccc3c(c2)C=Cc2cc(-c4ccccc4)ccc2N3c2ccc(-c3ccccc3)cc2)OC1(C)C. The lowest BCUT2D eigenvalue weighted by Gasteiger charge is -2.32. The first-order valence-electron chi connectivity index (χ1n) is 14.6. The van der Waals surface area contributed by atoms with E-state index in [9.17, 15) is 0 Å². The molecule has 0 saturated carbocycles. The average molecular weight is 548 g/mol. The predicted molar refractivity (Wildman–Crippen MR) is 177 cm³/mol. The molecule has 0 atom stereocenters. The molecule has 0 aromatic heterocycles. The zero-order valence-corrected chi connectivity index (χ0v) is 24.5. The molecule has 0 amide bonds. The molecular formula is C38H34BNO2. The summed E-state index contributed by atoms with van der Waals surface area (Å²) in [5.41, 5.74) is 10.7. The van der Waals surface area contributed by atoms with E-state index < -0.39 is 18.3 Å². The van der Waals surface area contributed by atoms with Crippen LogP contribution in [0.1, 0.15) is 38.8 Å². The minimum absolute atomic E-state index is 0.392. The van der Waals surface area contributed by atoms with E-state index in [1.807, 2.05) is 0 Å². The van der Waals surface area contributed by atoms with Crippen molar-refractivity contribution in [2.45, 2.75) is 38.9 Å². The topological polar surface area (TPSA) is 21.7 Å². The summed E-state index contributed by atoms with van der Waals surface area (Å²) in [5.74, 6) is 0. The molecular weight excluding hydrogens is 513 g/mol. The van der Waals surface area contributed by atoms with Crippen molar-refractivity contribution in [2.75, 3.05) is 4.90 Å². The second-order valence-electron chi connectivity index (χ2n) is 12.1. The molecule has 5 aromatic carbocycles. The molecule has 5 aromatic rings. The minimum atomic E-state index is -0.414. The number of fused-ring (bicyclic) bond motifs is 2. The van der Waals surface area contributed by atoms with Crippen molar-refractivity contribution in [2.24, 2.45) is 0 Å². The van der Waals surface area contributed by atoms with Gasteiger partial charge in [0.1, 0.15) is 0 Å². The maximum Gasteiger partial charge on any atom is 0.494 e. The van der Waals surface area contributed by atoms with Crippen LogP contribution in [0.5, 0.6) is 0 Å². The largest absolute Gasteiger partial charge is 0.494 e. The molecule has 0 unspecified atom stereocenters. The zero-order chi connectivity index (χ0) is 28.9. The number of nitrogens with zero attached hydrogens (tertiary/aromatic N) is 1. The number of hydrogen-bond donors (Lipinski definition) is 0. The van der Waals surface area contributed by atoms with Gasteiger partial charge in [-0.15, -0.1) is 0 Å². The van der Waals surface area contributed by atoms with Crippen molar-refractivity contribution in [3.05, 3.63) is 132 Å². The highest BCUT2D eigenvalue weighted by Crippen LogP contribution is 2.44. The lowest BCUT2D eigenvalue weighted by molar-refractivity contribution is 0.00578. The Kier molecular flexibility index (Phi) is 6.42. The summed E-state index contributed by atoms with van der Waals surface area (Å²) in [7, 11) is -0.414. The van der Waals surface area contributed by atoms with Gasteiger partial charge in [-0.1, -0.05) is 103 Å². The van der Waals surface area contributed by atoms with Crippen LogP contribution in [0.3, 0.4) is 0 Å². The summed E-state index contributed by atoms with van der Waals surface area (Å²) in [6, 6.07) is 43.2. The van der Waals surface area contributed by atoms with Gasteiger partial charge in [-0.25, -0.2) is 0 Å². The van der Waals surface area contributed by atoms with Gasteiger partial charge in [0.05, 0.1) is 22.6 Å². The number of hydrogen-bond acceptors (Lipinski definition) is 3. The van der Waals surface area contributed by atoms with Crippen LogP contribution in [0, 0.1) is 0 Å². The van der Waals surface area contributed by atoms with Crippen molar-refractivity contribution in [3.8, 4) is 22.3 Å². The van der Waals surface area contributed by atoms with E-state index in [-0.39, 0.29) is 0 Å². The third-order valence-corrected chi connectivity index (χ3v) is 8.87. The van der Waals surface area contributed by atoms with Gasteiger partial charge in [-0.05, 0) is 96.9 Å². The molecule has 0 aliphatic carbocycles. The lowest BCUT2D eigenvalue weighted by atomic mass is 9.78. The summed E-state index contributed by atoms with van der Waals surface area (Å²) in [4.78, 5) is 2.36. The molecule has 2 aliphatic rings. The van der Waals surface area contributed by atoms with Gasteiger partial charge in [0.2, 0.25) is 0 Å². The second kappa shape index (κ2) is 10.2. The van der Waals surface area contributed by atoms with Crippen LogP contribution in [0.15, 0.2) is 121 Å². The van der Waals surface area contributed by atoms with Crippen LogP contribution in [-0.4, -0.2) is 18.3 Å². The molecule has 42 heavy (non-hydrogen) atoms. The van der Waals surface area contributed by atoms with Gasteiger partial charge in [-0.2, -0.15) is 0 Å². The van der Waals surface area contributed by atoms with Crippen molar-refractivity contribution in [1.29, 1.82) is 0 Å². The Balaban J connectivity index is 1.34. The van der Waals surface area contributed by atoms with Gasteiger partial charge < -0.3 is 14.2 Å². The Bertz CT molecular complexity index is 1760. The van der Waals surface area contributed by atoms with Crippen LogP contribution in [0.4, 0.5) is 17.1 Å². The molecule has 0 N–H and O–H groups in total. The van der Waals surface area contributed by atoms with Crippen molar-refractivity contribution >= 4 is 41.8 Å². The molecule has 0 spiro atoms. The van der Waals surface area contributed by atoms with Gasteiger partial charge in [0.15, 0.2) is 0 Å². The molecule has 2 aliphatic heterocycles. The fourth-order valence-electron chi connectivity index (χ4n) is 5.76. The van der Waals surface area contributed by atoms with Crippen molar-refractivity contribution < 1.29 is 9.31 Å². The van der Waals surface area contributed by atoms with Crippen LogP contribution < -0.4 is 10.4 Å². The molecule has 0 radical (unpaired) electrons. The van der Waals surface area contributed by atoms with Crippen molar-refractivity contribution in [3.63, 3.8) is 0 Å². The fourth-order valence-corrected chi connectivity index (χ4v) is 5.76. The molecule has 4 heteroatoms. The normalized spacial score (nSPS) is 16.6. The quantitative estimate of drug-likeness (QED) is 0.205. The third kappa shape index (κ3) is 4.67. The van der Waals surface area contributed by atoms with Crippen LogP contribution in [0.25, 0.3) is 34.4 Å². The molecule has 1 saturated heterocycles. The molecule has 206 valence electrons. The number of anilines is 3. The summed E-state index contributed by atoms with van der Waals surface area (Å²) in [6.07, 6.45) is 4.45. The molecule has 0 bridgehead atoms. The Labute approximate surface area is 249 Å². The molecule has 7 rings (SSSR count). The molecule has 2 heterocycles. The summed E-state index contributed by atoms with van der Waals surface area (Å²) in [6.45, 7) is 8.38. The first-order chi connectivity index (χ1) is 20.3. The highest BCUT2D eigenvalue weighted by atomic mass is 16.7. The summed E-state index contributed by atoms with van der Waals surface area (Å²) < 4.78 is 12.8. The monoisotopic (exact) mass is 547 g/mol. The highest BCUT2D eigenvalue weighted by molar-refractivity contribution is 6.62. The van der Waals surface area contributed by atoms with Gasteiger partial charge in [0, 0.05) is 5.69 Å². The minimum Gasteiger partial charge on any atom is -0.399 e. The Morgan fingerprint density at radius 2 is 0.976 bits per heavy atom. The van der Waals surface area contributed by atoms with Gasteiger partial charge in [0.25, 0.3) is 0 Å². The van der Waals surface area contributed by atoms with E-state index in [0.29, 0.717) is 0 Å². The summed E-state index contributed by atoms with van der Waals surface area (Å²) in [5, 5.41) is 0. The highest BCUT2D eigenvalue weighted by Gasteiger charge is 2.51. The first kappa shape index (κ1) is 26.5. The Morgan fingerprint density at radius 3 is 1.57 bits per heavy atom. The van der Waals surface area contributed by atoms with E-state index in [1.54, 1.807) is 0 Å². The van der Waals surface area contributed by atoms with E-state index in [1.165, 1.54) is 22.3 Å². The molecule has 1 fully saturated rings. The molecule has 3 nitrogen and oxygen atoms in total. The Hall–Kier alpha value is -4.38. The fraction of sp³-hybridized carbons (Fsp3) is 0.158. The Morgan fingerprint density at radius 1 is 0.500 bits per heavy atom. The van der Waals surface area contributed by atoms with E-state index in [2.05, 4.69) is 166 Å². The smallest absolute Gasteiger partial charge is 0.399 e. The third-order valence-electron chi connectivity index (χ3n) is 8.87. The standard InChI is InChI=1S/C38H34BNO2/c1-37(2)38(3,4)42-39(41-37)33-20-24-36-32(26-33)16-15-31-25-30(28-13-9-6-10-14-28)19-23-35(31)40(36)34-21-17-29(18-22-34)27-11-7-5-8-12-27/h5-26H,1-4H3. The van der Waals surface area contributed by atoms with Crippen LogP contribution in [-0.2, 0) is 9.31 Å². The van der Waals surface area contributed by atoms with Gasteiger partial charge >= 0.3 is 7.12 Å². The van der Waals surface area contributed by atoms with E-state index in [0.717, 1.165) is 33.7 Å². The predicted octanol–water partition coefficient (Wildman–Crippen LogP) is 9.27. The van der Waals surface area contributed by atoms with Crippen LogP contribution >= 0.6 is 0 Å². The van der Waals surface area contributed by atoms with Crippen molar-refractivity contribution in [1.82, 2.24) is 0 Å².